The van der Waals surface area contributed by atoms with Crippen LogP contribution in [-0.4, -0.2) is 32.8 Å². The molecule has 0 spiro atoms. The van der Waals surface area contributed by atoms with Crippen molar-refractivity contribution >= 4 is 23.3 Å². The van der Waals surface area contributed by atoms with Gasteiger partial charge in [0, 0.05) is 6.54 Å². The molecule has 0 atom stereocenters. The molecule has 4 nitrogen and oxygen atoms in total. The normalized spacial score (nSPS) is 17.8. The number of methoxy groups -OCH3 is 1. The van der Waals surface area contributed by atoms with Crippen molar-refractivity contribution < 1.29 is 18.7 Å². The van der Waals surface area contributed by atoms with Crippen molar-refractivity contribution in [3.05, 3.63) is 22.5 Å². The van der Waals surface area contributed by atoms with Gasteiger partial charge in [0.1, 0.15) is 12.2 Å². The standard InChI is InChI=1S/C15H17ClFNO3/c1-20-15(19)12-13(17)10(16)7-11-14(12)21-6-5-18(11)8-9-3-2-4-9/h7,9H,2-6,8H2,1H3. The van der Waals surface area contributed by atoms with Gasteiger partial charge in [0.05, 0.1) is 24.4 Å². The van der Waals surface area contributed by atoms with E-state index >= 15 is 0 Å². The molecule has 0 amide bonds. The first-order valence-corrected chi connectivity index (χ1v) is 7.47. The molecule has 1 heterocycles. The maximum absolute atomic E-state index is 14.2. The summed E-state index contributed by atoms with van der Waals surface area (Å²) in [4.78, 5) is 14.0. The summed E-state index contributed by atoms with van der Waals surface area (Å²) in [5.41, 5.74) is 0.471. The molecule has 1 aromatic rings. The van der Waals surface area contributed by atoms with E-state index in [1.165, 1.54) is 32.4 Å². The number of fused-ring (bicyclic) bond motifs is 1. The zero-order valence-corrected chi connectivity index (χ0v) is 12.6. The second kappa shape index (κ2) is 5.72. The van der Waals surface area contributed by atoms with E-state index in [9.17, 15) is 9.18 Å². The molecular weight excluding hydrogens is 297 g/mol. The molecule has 0 saturated heterocycles. The first-order valence-electron chi connectivity index (χ1n) is 7.10. The largest absolute Gasteiger partial charge is 0.489 e. The summed E-state index contributed by atoms with van der Waals surface area (Å²) in [6.45, 7) is 2.02. The lowest BCUT2D eigenvalue weighted by atomic mass is 9.85. The average Bonchev–Trinajstić information content (AvgIpc) is 2.44. The van der Waals surface area contributed by atoms with Gasteiger partial charge in [0.25, 0.3) is 0 Å². The maximum Gasteiger partial charge on any atom is 0.344 e. The molecule has 1 aromatic carbocycles. The van der Waals surface area contributed by atoms with Crippen LogP contribution < -0.4 is 9.64 Å². The lowest BCUT2D eigenvalue weighted by Gasteiger charge is -2.37. The van der Waals surface area contributed by atoms with Gasteiger partial charge in [-0.1, -0.05) is 18.0 Å². The van der Waals surface area contributed by atoms with E-state index in [0.717, 1.165) is 6.54 Å². The van der Waals surface area contributed by atoms with Crippen LogP contribution in [-0.2, 0) is 4.74 Å². The van der Waals surface area contributed by atoms with Crippen molar-refractivity contribution in [1.82, 2.24) is 0 Å². The number of hydrogen-bond acceptors (Lipinski definition) is 4. The number of benzene rings is 1. The topological polar surface area (TPSA) is 38.8 Å². The zero-order valence-electron chi connectivity index (χ0n) is 11.8. The lowest BCUT2D eigenvalue weighted by Crippen LogP contribution is -2.38. The van der Waals surface area contributed by atoms with Gasteiger partial charge in [-0.25, -0.2) is 9.18 Å². The van der Waals surface area contributed by atoms with Gasteiger partial charge < -0.3 is 14.4 Å². The van der Waals surface area contributed by atoms with Gasteiger partial charge in [-0.3, -0.25) is 0 Å². The molecule has 3 rings (SSSR count). The summed E-state index contributed by atoms with van der Waals surface area (Å²) in [6, 6.07) is 1.54. The Labute approximate surface area is 127 Å². The average molecular weight is 314 g/mol. The van der Waals surface area contributed by atoms with Crippen LogP contribution in [0.3, 0.4) is 0 Å². The minimum Gasteiger partial charge on any atom is -0.489 e. The van der Waals surface area contributed by atoms with E-state index in [2.05, 4.69) is 9.64 Å². The molecule has 1 aliphatic carbocycles. The third kappa shape index (κ3) is 2.55. The van der Waals surface area contributed by atoms with Gasteiger partial charge in [-0.15, -0.1) is 0 Å². The highest BCUT2D eigenvalue weighted by molar-refractivity contribution is 6.31. The lowest BCUT2D eigenvalue weighted by molar-refractivity contribution is 0.0590. The Morgan fingerprint density at radius 1 is 1.57 bits per heavy atom. The number of ether oxygens (including phenoxy) is 2. The van der Waals surface area contributed by atoms with Gasteiger partial charge in [0.15, 0.2) is 11.6 Å². The molecule has 6 heteroatoms. The van der Waals surface area contributed by atoms with Gasteiger partial charge in [-0.05, 0) is 24.8 Å². The molecule has 0 N–H and O–H groups in total. The summed E-state index contributed by atoms with van der Waals surface area (Å²) >= 11 is 5.94. The molecule has 0 bridgehead atoms. The van der Waals surface area contributed by atoms with Crippen molar-refractivity contribution in [3.8, 4) is 5.75 Å². The van der Waals surface area contributed by atoms with E-state index in [4.69, 9.17) is 16.3 Å². The Hall–Kier alpha value is -1.49. The van der Waals surface area contributed by atoms with Crippen LogP contribution in [0.5, 0.6) is 5.75 Å². The predicted molar refractivity (Wildman–Crippen MR) is 77.8 cm³/mol. The number of anilines is 1. The Kier molecular flexibility index (Phi) is 3.93. The minimum atomic E-state index is -0.784. The number of halogens is 2. The van der Waals surface area contributed by atoms with Crippen molar-refractivity contribution in [2.75, 3.05) is 31.7 Å². The van der Waals surface area contributed by atoms with Crippen LogP contribution in [0.25, 0.3) is 0 Å². The molecule has 1 fully saturated rings. The zero-order chi connectivity index (χ0) is 15.0. The molecular formula is C15H17ClFNO3. The Morgan fingerprint density at radius 2 is 2.33 bits per heavy atom. The summed E-state index contributed by atoms with van der Waals surface area (Å²) in [6.07, 6.45) is 3.69. The first kappa shape index (κ1) is 14.4. The maximum atomic E-state index is 14.2. The van der Waals surface area contributed by atoms with Crippen molar-refractivity contribution in [3.63, 3.8) is 0 Å². The van der Waals surface area contributed by atoms with E-state index in [-0.39, 0.29) is 16.3 Å². The number of esters is 1. The molecule has 1 aliphatic heterocycles. The van der Waals surface area contributed by atoms with Gasteiger partial charge in [0.2, 0.25) is 0 Å². The van der Waals surface area contributed by atoms with Crippen LogP contribution in [0, 0.1) is 11.7 Å². The van der Waals surface area contributed by atoms with Crippen LogP contribution in [0.2, 0.25) is 5.02 Å². The molecule has 114 valence electrons. The number of carbonyl (C=O) groups excluding carboxylic acids is 1. The highest BCUT2D eigenvalue weighted by atomic mass is 35.5. The second-order valence-electron chi connectivity index (χ2n) is 5.48. The monoisotopic (exact) mass is 313 g/mol. The molecule has 2 aliphatic rings. The fourth-order valence-corrected chi connectivity index (χ4v) is 3.01. The molecule has 0 unspecified atom stereocenters. The van der Waals surface area contributed by atoms with E-state index in [1.807, 2.05) is 0 Å². The first-order chi connectivity index (χ1) is 10.1. The van der Waals surface area contributed by atoms with Crippen LogP contribution in [0.15, 0.2) is 6.07 Å². The molecule has 1 saturated carbocycles. The van der Waals surface area contributed by atoms with Crippen molar-refractivity contribution in [2.24, 2.45) is 5.92 Å². The minimum absolute atomic E-state index is 0.0849. The van der Waals surface area contributed by atoms with Crippen molar-refractivity contribution in [2.45, 2.75) is 19.3 Å². The number of nitrogens with zero attached hydrogens (tertiary/aromatic N) is 1. The highest BCUT2D eigenvalue weighted by Crippen LogP contribution is 2.41. The predicted octanol–water partition coefficient (Wildman–Crippen LogP) is 3.26. The summed E-state index contributed by atoms with van der Waals surface area (Å²) in [5.74, 6) is -0.653. The SMILES string of the molecule is COC(=O)c1c(F)c(Cl)cc2c1OCCN2CC1CCC1. The van der Waals surface area contributed by atoms with E-state index in [0.29, 0.717) is 24.8 Å². The van der Waals surface area contributed by atoms with Gasteiger partial charge in [-0.2, -0.15) is 0 Å². The van der Waals surface area contributed by atoms with Crippen LogP contribution in [0.4, 0.5) is 10.1 Å². The second-order valence-corrected chi connectivity index (χ2v) is 5.89. The van der Waals surface area contributed by atoms with E-state index < -0.39 is 11.8 Å². The summed E-state index contributed by atoms with van der Waals surface area (Å²) in [7, 11) is 1.21. The number of hydrogen-bond donors (Lipinski definition) is 0. The van der Waals surface area contributed by atoms with Gasteiger partial charge >= 0.3 is 5.97 Å². The number of rotatable bonds is 3. The third-order valence-electron chi connectivity index (χ3n) is 4.19. The fourth-order valence-electron chi connectivity index (χ4n) is 2.82. The van der Waals surface area contributed by atoms with E-state index in [1.54, 1.807) is 0 Å². The quantitative estimate of drug-likeness (QED) is 0.803. The number of carbonyl (C=O) groups is 1. The Bertz CT molecular complexity index is 575. The third-order valence-corrected chi connectivity index (χ3v) is 4.47. The smallest absolute Gasteiger partial charge is 0.344 e. The van der Waals surface area contributed by atoms with Crippen LogP contribution >= 0.6 is 11.6 Å². The summed E-state index contributed by atoms with van der Waals surface area (Å²) in [5, 5.41) is -0.0849. The fraction of sp³-hybridized carbons (Fsp3) is 0.533. The molecule has 0 aromatic heterocycles. The molecule has 0 radical (unpaired) electrons. The summed E-state index contributed by atoms with van der Waals surface area (Å²) < 4.78 is 24.3. The van der Waals surface area contributed by atoms with Crippen LogP contribution in [0.1, 0.15) is 29.6 Å². The van der Waals surface area contributed by atoms with Crippen molar-refractivity contribution in [1.29, 1.82) is 0 Å². The highest BCUT2D eigenvalue weighted by Gasteiger charge is 2.31. The molecule has 21 heavy (non-hydrogen) atoms. The Balaban J connectivity index is 2.01. The Morgan fingerprint density at radius 3 is 2.95 bits per heavy atom.